The van der Waals surface area contributed by atoms with E-state index in [0.717, 1.165) is 0 Å². The zero-order valence-electron chi connectivity index (χ0n) is 15.6. The Kier molecular flexibility index (Phi) is 7.47. The third kappa shape index (κ3) is 5.60. The molecular formula is C19H25ClN2O5. The van der Waals surface area contributed by atoms with Crippen molar-refractivity contribution in [2.24, 2.45) is 5.92 Å². The first-order chi connectivity index (χ1) is 12.8. The van der Waals surface area contributed by atoms with E-state index >= 15 is 0 Å². The Labute approximate surface area is 163 Å². The lowest BCUT2D eigenvalue weighted by atomic mass is 9.97. The number of para-hydroxylation sites is 1. The van der Waals surface area contributed by atoms with Crippen LogP contribution in [0.1, 0.15) is 26.2 Å². The van der Waals surface area contributed by atoms with Gasteiger partial charge in [0.25, 0.3) is 5.91 Å². The number of carboxylic acids is 1. The van der Waals surface area contributed by atoms with Gasteiger partial charge in [-0.1, -0.05) is 30.7 Å². The molecule has 0 aromatic heterocycles. The molecule has 1 atom stereocenters. The van der Waals surface area contributed by atoms with Crippen LogP contribution in [-0.4, -0.2) is 65.5 Å². The van der Waals surface area contributed by atoms with Gasteiger partial charge in [-0.25, -0.2) is 0 Å². The van der Waals surface area contributed by atoms with Gasteiger partial charge in [0.1, 0.15) is 5.75 Å². The van der Waals surface area contributed by atoms with E-state index < -0.39 is 18.0 Å². The van der Waals surface area contributed by atoms with Gasteiger partial charge in [-0.15, -0.1) is 0 Å². The summed E-state index contributed by atoms with van der Waals surface area (Å²) in [6.07, 6.45) is 0.574. The summed E-state index contributed by atoms with van der Waals surface area (Å²) < 4.78 is 5.73. The molecule has 2 amide bonds. The molecule has 1 N–H and O–H groups in total. The van der Waals surface area contributed by atoms with Crippen molar-refractivity contribution < 1.29 is 24.2 Å². The molecule has 2 rings (SSSR count). The van der Waals surface area contributed by atoms with Gasteiger partial charge < -0.3 is 19.6 Å². The molecule has 148 valence electrons. The van der Waals surface area contributed by atoms with Crippen LogP contribution < -0.4 is 4.74 Å². The van der Waals surface area contributed by atoms with Crippen LogP contribution in [0.2, 0.25) is 5.02 Å². The molecule has 1 heterocycles. The first-order valence-electron chi connectivity index (χ1n) is 9.00. The lowest BCUT2D eigenvalue weighted by Gasteiger charge is -2.32. The number of amides is 2. The van der Waals surface area contributed by atoms with Crippen LogP contribution in [0.5, 0.6) is 5.75 Å². The largest absolute Gasteiger partial charge is 0.481 e. The topological polar surface area (TPSA) is 87.2 Å². The molecule has 0 spiro atoms. The molecule has 1 fully saturated rings. The number of ether oxygens (including phenoxy) is 1. The van der Waals surface area contributed by atoms with Crippen molar-refractivity contribution >= 4 is 29.4 Å². The highest BCUT2D eigenvalue weighted by Crippen LogP contribution is 2.25. The van der Waals surface area contributed by atoms with Crippen LogP contribution in [0.4, 0.5) is 0 Å². The molecule has 1 saturated heterocycles. The van der Waals surface area contributed by atoms with E-state index in [1.54, 1.807) is 36.2 Å². The SMILES string of the molecule is CCC(Oc1ccccc1Cl)C(=O)N(C)CC(=O)N1CCC(C(=O)O)CC1. The second-order valence-corrected chi connectivity index (χ2v) is 7.04. The number of benzene rings is 1. The average molecular weight is 397 g/mol. The maximum atomic E-state index is 12.7. The molecule has 8 heteroatoms. The smallest absolute Gasteiger partial charge is 0.306 e. The Balaban J connectivity index is 1.90. The van der Waals surface area contributed by atoms with Crippen molar-refractivity contribution in [2.45, 2.75) is 32.3 Å². The molecule has 1 aliphatic rings. The van der Waals surface area contributed by atoms with Crippen molar-refractivity contribution in [3.63, 3.8) is 0 Å². The summed E-state index contributed by atoms with van der Waals surface area (Å²) in [5.41, 5.74) is 0. The fourth-order valence-electron chi connectivity index (χ4n) is 3.00. The number of hydrogen-bond donors (Lipinski definition) is 1. The van der Waals surface area contributed by atoms with Crippen molar-refractivity contribution in [2.75, 3.05) is 26.7 Å². The Bertz CT molecular complexity index is 688. The van der Waals surface area contributed by atoms with Crippen molar-refractivity contribution in [1.82, 2.24) is 9.80 Å². The standard InChI is InChI=1S/C19H25ClN2O5/c1-3-15(27-16-7-5-4-6-14(16)20)18(24)21(2)12-17(23)22-10-8-13(9-11-22)19(25)26/h4-7,13,15H,3,8-12H2,1-2H3,(H,25,26). The lowest BCUT2D eigenvalue weighted by molar-refractivity contribution is -0.147. The molecular weight excluding hydrogens is 372 g/mol. The van der Waals surface area contributed by atoms with Gasteiger partial charge in [0.15, 0.2) is 6.10 Å². The summed E-state index contributed by atoms with van der Waals surface area (Å²) in [5.74, 6) is -1.29. The molecule has 7 nitrogen and oxygen atoms in total. The van der Waals surface area contributed by atoms with E-state index in [2.05, 4.69) is 0 Å². The summed E-state index contributed by atoms with van der Waals surface area (Å²) in [5, 5.41) is 9.45. The van der Waals surface area contributed by atoms with Gasteiger partial charge in [-0.05, 0) is 31.4 Å². The van der Waals surface area contributed by atoms with E-state index in [9.17, 15) is 14.4 Å². The average Bonchev–Trinajstić information content (AvgIpc) is 2.66. The molecule has 27 heavy (non-hydrogen) atoms. The number of rotatable bonds is 7. The molecule has 1 aromatic carbocycles. The predicted molar refractivity (Wildman–Crippen MR) is 101 cm³/mol. The highest BCUT2D eigenvalue weighted by atomic mass is 35.5. The number of likely N-dealkylation sites (tertiary alicyclic amines) is 1. The van der Waals surface area contributed by atoms with E-state index in [1.165, 1.54) is 4.90 Å². The van der Waals surface area contributed by atoms with E-state index in [0.29, 0.717) is 43.1 Å². The highest BCUT2D eigenvalue weighted by Gasteiger charge is 2.29. The molecule has 1 aromatic rings. The summed E-state index contributed by atoms with van der Waals surface area (Å²) in [6, 6.07) is 6.92. The number of hydrogen-bond acceptors (Lipinski definition) is 4. The molecule has 1 unspecified atom stereocenters. The summed E-state index contributed by atoms with van der Waals surface area (Å²) >= 11 is 6.08. The van der Waals surface area contributed by atoms with Gasteiger partial charge in [0.2, 0.25) is 5.91 Å². The first kappa shape index (κ1) is 21.0. The Hall–Kier alpha value is -2.28. The first-order valence-corrected chi connectivity index (χ1v) is 9.38. The van der Waals surface area contributed by atoms with Crippen molar-refractivity contribution in [3.05, 3.63) is 29.3 Å². The van der Waals surface area contributed by atoms with Gasteiger partial charge in [0.05, 0.1) is 17.5 Å². The maximum absolute atomic E-state index is 12.7. The van der Waals surface area contributed by atoms with E-state index in [-0.39, 0.29) is 18.4 Å². The van der Waals surface area contributed by atoms with Crippen LogP contribution >= 0.6 is 11.6 Å². The zero-order chi connectivity index (χ0) is 20.0. The van der Waals surface area contributed by atoms with Gasteiger partial charge in [-0.2, -0.15) is 0 Å². The summed E-state index contributed by atoms with van der Waals surface area (Å²) in [6.45, 7) is 2.54. The van der Waals surface area contributed by atoms with Crippen LogP contribution in [0.25, 0.3) is 0 Å². The molecule has 0 aliphatic carbocycles. The number of aliphatic carboxylic acids is 1. The van der Waals surface area contributed by atoms with Crippen LogP contribution in [0.3, 0.4) is 0 Å². The molecule has 0 bridgehead atoms. The number of carbonyl (C=O) groups is 3. The van der Waals surface area contributed by atoms with Gasteiger partial charge in [0, 0.05) is 20.1 Å². The second-order valence-electron chi connectivity index (χ2n) is 6.63. The third-order valence-corrected chi connectivity index (χ3v) is 5.01. The van der Waals surface area contributed by atoms with Crippen LogP contribution in [-0.2, 0) is 14.4 Å². The Morgan fingerprint density at radius 1 is 1.30 bits per heavy atom. The summed E-state index contributed by atoms with van der Waals surface area (Å²) in [7, 11) is 1.56. The highest BCUT2D eigenvalue weighted by molar-refractivity contribution is 6.32. The Morgan fingerprint density at radius 2 is 1.93 bits per heavy atom. The quantitative estimate of drug-likeness (QED) is 0.764. The summed E-state index contributed by atoms with van der Waals surface area (Å²) in [4.78, 5) is 39.0. The number of carboxylic acid groups (broad SMARTS) is 1. The van der Waals surface area contributed by atoms with Crippen LogP contribution in [0, 0.1) is 5.92 Å². The number of nitrogens with zero attached hydrogens (tertiary/aromatic N) is 2. The minimum Gasteiger partial charge on any atom is -0.481 e. The third-order valence-electron chi connectivity index (χ3n) is 4.70. The van der Waals surface area contributed by atoms with Crippen LogP contribution in [0.15, 0.2) is 24.3 Å². The van der Waals surface area contributed by atoms with E-state index in [1.807, 2.05) is 6.92 Å². The van der Waals surface area contributed by atoms with Crippen molar-refractivity contribution in [1.29, 1.82) is 0 Å². The lowest BCUT2D eigenvalue weighted by Crippen LogP contribution is -2.48. The number of halogens is 1. The number of carbonyl (C=O) groups excluding carboxylic acids is 2. The normalized spacial score (nSPS) is 15.9. The molecule has 0 saturated carbocycles. The predicted octanol–water partition coefficient (Wildman–Crippen LogP) is 2.28. The number of piperidine rings is 1. The molecule has 1 aliphatic heterocycles. The minimum absolute atomic E-state index is 0.0705. The molecule has 0 radical (unpaired) electrons. The second kappa shape index (κ2) is 9.60. The fraction of sp³-hybridized carbons (Fsp3) is 0.526. The monoisotopic (exact) mass is 396 g/mol. The van der Waals surface area contributed by atoms with Crippen molar-refractivity contribution in [3.8, 4) is 5.75 Å². The zero-order valence-corrected chi connectivity index (χ0v) is 16.3. The minimum atomic E-state index is -0.822. The van der Waals surface area contributed by atoms with Gasteiger partial charge in [-0.3, -0.25) is 14.4 Å². The maximum Gasteiger partial charge on any atom is 0.306 e. The number of likely N-dealkylation sites (N-methyl/N-ethyl adjacent to an activating group) is 1. The fourth-order valence-corrected chi connectivity index (χ4v) is 3.18. The van der Waals surface area contributed by atoms with Gasteiger partial charge >= 0.3 is 5.97 Å². The Morgan fingerprint density at radius 3 is 2.48 bits per heavy atom. The van der Waals surface area contributed by atoms with E-state index in [4.69, 9.17) is 21.4 Å².